The van der Waals surface area contributed by atoms with Gasteiger partial charge >= 0.3 is 0 Å². The normalized spacial score (nSPS) is 10.6. The van der Waals surface area contributed by atoms with Crippen LogP contribution in [0.2, 0.25) is 0 Å². The molecule has 0 amide bonds. The molecule has 0 radical (unpaired) electrons. The van der Waals surface area contributed by atoms with Crippen LogP contribution in [0.3, 0.4) is 0 Å². The van der Waals surface area contributed by atoms with Crippen molar-refractivity contribution in [2.45, 2.75) is 24.4 Å². The molecule has 0 aliphatic heterocycles. The van der Waals surface area contributed by atoms with E-state index in [1.54, 1.807) is 0 Å². The second kappa shape index (κ2) is 7.11. The van der Waals surface area contributed by atoms with Gasteiger partial charge in [0.1, 0.15) is 0 Å². The Bertz CT molecular complexity index is 569. The van der Waals surface area contributed by atoms with Gasteiger partial charge in [0.2, 0.25) is 0 Å². The van der Waals surface area contributed by atoms with Gasteiger partial charge in [-0.3, -0.25) is 4.79 Å². The molecule has 0 fully saturated rings. The molecule has 1 N–H and O–H groups in total. The molecule has 0 saturated heterocycles. The summed E-state index contributed by atoms with van der Waals surface area (Å²) in [6.45, 7) is 2.90. The summed E-state index contributed by atoms with van der Waals surface area (Å²) in [4.78, 5) is 18.6. The number of H-pyrrole nitrogens is 1. The van der Waals surface area contributed by atoms with Gasteiger partial charge in [0.15, 0.2) is 5.16 Å². The van der Waals surface area contributed by atoms with Crippen LogP contribution < -0.4 is 5.56 Å². The van der Waals surface area contributed by atoms with Gasteiger partial charge in [0.25, 0.3) is 5.56 Å². The predicted octanol–water partition coefficient (Wildman–Crippen LogP) is 2.60. The molecule has 0 saturated carbocycles. The number of thioether (sulfide) groups is 1. The molecule has 0 spiro atoms. The summed E-state index contributed by atoms with van der Waals surface area (Å²) in [5, 5.41) is 0.631. The molecular formula is C14H16N2O2S. The minimum atomic E-state index is -0.139. The highest BCUT2D eigenvalue weighted by molar-refractivity contribution is 7.98. The van der Waals surface area contributed by atoms with E-state index in [2.05, 4.69) is 22.1 Å². The SMILES string of the molecule is CCOCc1cc(=O)[nH]c(SCc2ccccc2)n1. The van der Waals surface area contributed by atoms with Crippen LogP contribution in [-0.4, -0.2) is 16.6 Å². The fourth-order valence-corrected chi connectivity index (χ4v) is 2.41. The lowest BCUT2D eigenvalue weighted by Gasteiger charge is -2.04. The average Bonchev–Trinajstić information content (AvgIpc) is 2.43. The van der Waals surface area contributed by atoms with Crippen LogP contribution in [0.5, 0.6) is 0 Å². The number of nitrogens with one attached hydrogen (secondary N) is 1. The first-order chi connectivity index (χ1) is 9.28. The summed E-state index contributed by atoms with van der Waals surface area (Å²) < 4.78 is 5.27. The van der Waals surface area contributed by atoms with Crippen LogP contribution >= 0.6 is 11.8 Å². The van der Waals surface area contributed by atoms with Gasteiger partial charge in [0.05, 0.1) is 12.3 Å². The van der Waals surface area contributed by atoms with Crippen molar-refractivity contribution >= 4 is 11.8 Å². The molecule has 1 aromatic heterocycles. The fourth-order valence-electron chi connectivity index (χ4n) is 1.56. The highest BCUT2D eigenvalue weighted by atomic mass is 32.2. The number of rotatable bonds is 6. The Balaban J connectivity index is 2.03. The van der Waals surface area contributed by atoms with E-state index in [1.807, 2.05) is 25.1 Å². The van der Waals surface area contributed by atoms with E-state index in [0.717, 1.165) is 5.75 Å². The number of benzene rings is 1. The topological polar surface area (TPSA) is 55.0 Å². The van der Waals surface area contributed by atoms with E-state index >= 15 is 0 Å². The smallest absolute Gasteiger partial charge is 0.251 e. The van der Waals surface area contributed by atoms with Crippen LogP contribution in [0.4, 0.5) is 0 Å². The third kappa shape index (κ3) is 4.54. The van der Waals surface area contributed by atoms with Crippen LogP contribution in [0.15, 0.2) is 46.3 Å². The van der Waals surface area contributed by atoms with E-state index in [9.17, 15) is 4.79 Å². The zero-order chi connectivity index (χ0) is 13.5. The van der Waals surface area contributed by atoms with Crippen molar-refractivity contribution in [3.8, 4) is 0 Å². The van der Waals surface area contributed by atoms with Gasteiger partial charge < -0.3 is 9.72 Å². The maximum absolute atomic E-state index is 11.5. The summed E-state index contributed by atoms with van der Waals surface area (Å²) in [6, 6.07) is 11.6. The van der Waals surface area contributed by atoms with Crippen molar-refractivity contribution in [3.05, 3.63) is 58.0 Å². The standard InChI is InChI=1S/C14H16N2O2S/c1-2-18-9-12-8-13(17)16-14(15-12)19-10-11-6-4-3-5-7-11/h3-8H,2,9-10H2,1H3,(H,15,16,17). The first kappa shape index (κ1) is 13.8. The zero-order valence-electron chi connectivity index (χ0n) is 10.8. The predicted molar refractivity (Wildman–Crippen MR) is 76.2 cm³/mol. The Morgan fingerprint density at radius 2 is 2.11 bits per heavy atom. The summed E-state index contributed by atoms with van der Waals surface area (Å²) >= 11 is 1.51. The number of hydrogen-bond donors (Lipinski definition) is 1. The molecule has 0 aliphatic carbocycles. The summed E-state index contributed by atoms with van der Waals surface area (Å²) in [5.74, 6) is 0.780. The Morgan fingerprint density at radius 3 is 2.84 bits per heavy atom. The molecule has 19 heavy (non-hydrogen) atoms. The maximum atomic E-state index is 11.5. The van der Waals surface area contributed by atoms with Crippen molar-refractivity contribution < 1.29 is 4.74 Å². The molecule has 1 heterocycles. The lowest BCUT2D eigenvalue weighted by Crippen LogP contribution is -2.10. The number of nitrogens with zero attached hydrogens (tertiary/aromatic N) is 1. The molecule has 1 aromatic carbocycles. The summed E-state index contributed by atoms with van der Waals surface area (Å²) in [6.07, 6.45) is 0. The minimum absolute atomic E-state index is 0.139. The summed E-state index contributed by atoms with van der Waals surface area (Å²) in [7, 11) is 0. The number of hydrogen-bond acceptors (Lipinski definition) is 4. The van der Waals surface area contributed by atoms with Crippen LogP contribution in [0.25, 0.3) is 0 Å². The van der Waals surface area contributed by atoms with Crippen molar-refractivity contribution in [3.63, 3.8) is 0 Å². The number of ether oxygens (including phenoxy) is 1. The van der Waals surface area contributed by atoms with E-state index in [1.165, 1.54) is 23.4 Å². The zero-order valence-corrected chi connectivity index (χ0v) is 11.6. The molecule has 100 valence electrons. The summed E-state index contributed by atoms with van der Waals surface area (Å²) in [5.41, 5.74) is 1.73. The van der Waals surface area contributed by atoms with E-state index in [0.29, 0.717) is 24.1 Å². The van der Waals surface area contributed by atoms with Gasteiger partial charge in [-0.15, -0.1) is 0 Å². The third-order valence-corrected chi connectivity index (χ3v) is 3.39. The van der Waals surface area contributed by atoms with Gasteiger partial charge in [0, 0.05) is 18.4 Å². The van der Waals surface area contributed by atoms with Gasteiger partial charge in [-0.1, -0.05) is 42.1 Å². The van der Waals surface area contributed by atoms with Crippen LogP contribution in [0, 0.1) is 0 Å². The molecule has 0 atom stereocenters. The molecule has 2 aromatic rings. The largest absolute Gasteiger partial charge is 0.375 e. The Labute approximate surface area is 116 Å². The quantitative estimate of drug-likeness (QED) is 0.651. The maximum Gasteiger partial charge on any atom is 0.251 e. The fraction of sp³-hybridized carbons (Fsp3) is 0.286. The first-order valence-corrected chi connectivity index (χ1v) is 7.11. The number of aromatic amines is 1. The molecule has 0 unspecified atom stereocenters. The average molecular weight is 276 g/mol. The van der Waals surface area contributed by atoms with E-state index < -0.39 is 0 Å². The van der Waals surface area contributed by atoms with Gasteiger partial charge in [-0.2, -0.15) is 0 Å². The highest BCUT2D eigenvalue weighted by Gasteiger charge is 2.03. The number of aromatic nitrogens is 2. The van der Waals surface area contributed by atoms with Crippen molar-refractivity contribution in [2.75, 3.05) is 6.61 Å². The molecule has 5 heteroatoms. The van der Waals surface area contributed by atoms with Crippen molar-refractivity contribution in [1.29, 1.82) is 0 Å². The second-order valence-corrected chi connectivity index (χ2v) is 4.92. The molecule has 0 bridgehead atoms. The first-order valence-electron chi connectivity index (χ1n) is 6.12. The van der Waals surface area contributed by atoms with Crippen LogP contribution in [-0.2, 0) is 17.1 Å². The second-order valence-electron chi connectivity index (χ2n) is 3.95. The van der Waals surface area contributed by atoms with Crippen LogP contribution in [0.1, 0.15) is 18.2 Å². The van der Waals surface area contributed by atoms with Gasteiger partial charge in [-0.05, 0) is 12.5 Å². The Morgan fingerprint density at radius 1 is 1.32 bits per heavy atom. The third-order valence-electron chi connectivity index (χ3n) is 2.45. The monoisotopic (exact) mass is 276 g/mol. The lowest BCUT2D eigenvalue weighted by atomic mass is 10.2. The molecule has 2 rings (SSSR count). The molecule has 0 aliphatic rings. The van der Waals surface area contributed by atoms with Gasteiger partial charge in [-0.25, -0.2) is 4.98 Å². The van der Waals surface area contributed by atoms with Crippen molar-refractivity contribution in [2.24, 2.45) is 0 Å². The Kier molecular flexibility index (Phi) is 5.18. The lowest BCUT2D eigenvalue weighted by molar-refractivity contribution is 0.130. The highest BCUT2D eigenvalue weighted by Crippen LogP contribution is 2.18. The molecular weight excluding hydrogens is 260 g/mol. The van der Waals surface area contributed by atoms with E-state index in [4.69, 9.17) is 4.74 Å². The Hall–Kier alpha value is -1.59. The minimum Gasteiger partial charge on any atom is -0.375 e. The van der Waals surface area contributed by atoms with E-state index in [-0.39, 0.29) is 5.56 Å². The molecule has 4 nitrogen and oxygen atoms in total. The van der Waals surface area contributed by atoms with Crippen molar-refractivity contribution in [1.82, 2.24) is 9.97 Å².